The highest BCUT2D eigenvalue weighted by atomic mass is 16.5. The van der Waals surface area contributed by atoms with Gasteiger partial charge >= 0.3 is 0 Å². The van der Waals surface area contributed by atoms with Crippen molar-refractivity contribution >= 4 is 52.6 Å². The Labute approximate surface area is 388 Å². The minimum atomic E-state index is -1.01. The van der Waals surface area contributed by atoms with Gasteiger partial charge < -0.3 is 35.2 Å². The number of hydrogen-bond donors (Lipinski definition) is 3. The van der Waals surface area contributed by atoms with Gasteiger partial charge in [0.2, 0.25) is 23.6 Å². The summed E-state index contributed by atoms with van der Waals surface area (Å²) in [7, 11) is 0. The number of anilines is 3. The quantitative estimate of drug-likeness (QED) is 0.215. The van der Waals surface area contributed by atoms with Crippen molar-refractivity contribution in [1.29, 1.82) is 0 Å². The molecule has 7 heterocycles. The highest BCUT2D eigenvalue weighted by molar-refractivity contribution is 6.23. The molecule has 6 amide bonds. The summed E-state index contributed by atoms with van der Waals surface area (Å²) in [5.41, 5.74) is 9.23. The molecular formula is C50H55N9O8. The van der Waals surface area contributed by atoms with Gasteiger partial charge in [-0.25, -0.2) is 0 Å². The molecule has 3 aromatic carbocycles. The highest BCUT2D eigenvalue weighted by Gasteiger charge is 2.49. The summed E-state index contributed by atoms with van der Waals surface area (Å²) in [4.78, 5) is 88.9. The fraction of sp³-hybridized carbons (Fsp3) is 0.440. The number of phenols is 1. The lowest BCUT2D eigenvalue weighted by atomic mass is 9.71. The molecule has 4 aromatic rings. The summed E-state index contributed by atoms with van der Waals surface area (Å²) in [6.07, 6.45) is 4.58. The van der Waals surface area contributed by atoms with Gasteiger partial charge in [0.05, 0.1) is 40.1 Å². The Morgan fingerprint density at radius 2 is 1.46 bits per heavy atom. The maximum Gasteiger partial charge on any atom is 0.262 e. The van der Waals surface area contributed by atoms with Crippen LogP contribution in [-0.4, -0.2) is 136 Å². The molecule has 6 aliphatic rings. The highest BCUT2D eigenvalue weighted by Crippen LogP contribution is 2.42. The lowest BCUT2D eigenvalue weighted by Gasteiger charge is -2.50. The van der Waals surface area contributed by atoms with Gasteiger partial charge in [-0.15, -0.1) is 10.2 Å². The second-order valence-corrected chi connectivity index (χ2v) is 18.9. The molecule has 10 rings (SSSR count). The molecule has 67 heavy (non-hydrogen) atoms. The number of aromatic hydroxyl groups is 1. The van der Waals surface area contributed by atoms with Crippen molar-refractivity contribution in [2.45, 2.75) is 74.8 Å². The number of fused-ring (bicyclic) bond motifs is 1. The van der Waals surface area contributed by atoms with E-state index in [1.165, 1.54) is 0 Å². The molecule has 348 valence electrons. The number of piperidine rings is 4. The summed E-state index contributed by atoms with van der Waals surface area (Å²) in [6.45, 7) is 5.03. The van der Waals surface area contributed by atoms with E-state index in [1.54, 1.807) is 30.3 Å². The molecular weight excluding hydrogens is 855 g/mol. The Morgan fingerprint density at radius 3 is 2.19 bits per heavy atom. The van der Waals surface area contributed by atoms with Crippen LogP contribution in [0.4, 0.5) is 17.2 Å². The average molecular weight is 910 g/mol. The molecule has 0 radical (unpaired) electrons. The molecule has 1 unspecified atom stereocenters. The number of nitrogens with one attached hydrogen (secondary N) is 1. The standard InChI is InChI=1S/C50H55N9O8/c51-44-40(30-38(53-54-44)36-8-4-5-9-41(36)60)56-24-18-50(19-25-56,33-6-2-1-3-7-33)48(66)57-22-16-49(17-23-57)31-58(26-27-67-49)43(62)28-32-14-20-55(21-15-32)34-10-11-35-37(29-34)47(65)59(46(35)64)39-12-13-42(61)52-45(39)63/h1-11,29-30,32,39,60H,12-28,31H2,(H2,51,54)(H,52,61,63). The zero-order valence-electron chi connectivity index (χ0n) is 37.4. The SMILES string of the molecule is Nc1nnc(-c2ccccc2O)cc1N1CCC(C(=O)N2CCC3(CC2)CN(C(=O)CC2CCN(c4ccc5c(c4)C(=O)N(C4CCC(=O)NC4=O)C5=O)CC2)CCO3)(c2ccccc2)CC1. The number of carbonyl (C=O) groups is 6. The molecule has 5 saturated heterocycles. The van der Waals surface area contributed by atoms with Gasteiger partial charge in [-0.1, -0.05) is 42.5 Å². The van der Waals surface area contributed by atoms with Crippen molar-refractivity contribution in [1.82, 2.24) is 30.2 Å². The van der Waals surface area contributed by atoms with Crippen LogP contribution in [0.1, 0.15) is 84.1 Å². The van der Waals surface area contributed by atoms with E-state index in [0.29, 0.717) is 108 Å². The Bertz CT molecular complexity index is 2620. The number of rotatable bonds is 8. The number of aromatic nitrogens is 2. The zero-order valence-corrected chi connectivity index (χ0v) is 37.4. The van der Waals surface area contributed by atoms with Crippen molar-refractivity contribution in [2.24, 2.45) is 5.92 Å². The van der Waals surface area contributed by atoms with Crippen LogP contribution in [0.3, 0.4) is 0 Å². The number of nitrogens with zero attached hydrogens (tertiary/aromatic N) is 7. The molecule has 6 aliphatic heterocycles. The Morgan fingerprint density at radius 1 is 0.746 bits per heavy atom. The number of ether oxygens (including phenoxy) is 1. The van der Waals surface area contributed by atoms with E-state index in [4.69, 9.17) is 10.5 Å². The van der Waals surface area contributed by atoms with Gasteiger partial charge in [0, 0.05) is 76.5 Å². The van der Waals surface area contributed by atoms with E-state index >= 15 is 0 Å². The van der Waals surface area contributed by atoms with Crippen LogP contribution in [0, 0.1) is 5.92 Å². The topological polar surface area (TPSA) is 212 Å². The summed E-state index contributed by atoms with van der Waals surface area (Å²) in [6, 6.07) is 23.0. The van der Waals surface area contributed by atoms with E-state index in [0.717, 1.165) is 34.7 Å². The summed E-state index contributed by atoms with van der Waals surface area (Å²) >= 11 is 0. The molecule has 1 aromatic heterocycles. The number of likely N-dealkylation sites (tertiary alicyclic amines) is 1. The fourth-order valence-electron chi connectivity index (χ4n) is 11.2. The van der Waals surface area contributed by atoms with Crippen LogP contribution in [0.2, 0.25) is 0 Å². The number of morpholine rings is 1. The van der Waals surface area contributed by atoms with Crippen LogP contribution in [0.5, 0.6) is 5.75 Å². The van der Waals surface area contributed by atoms with Gasteiger partial charge in [0.15, 0.2) is 5.82 Å². The predicted molar refractivity (Wildman–Crippen MR) is 247 cm³/mol. The number of imide groups is 2. The molecule has 5 fully saturated rings. The van der Waals surface area contributed by atoms with Gasteiger partial charge in [-0.05, 0) is 92.8 Å². The first-order valence-corrected chi connectivity index (χ1v) is 23.5. The van der Waals surface area contributed by atoms with Crippen molar-refractivity contribution in [3.05, 3.63) is 95.6 Å². The van der Waals surface area contributed by atoms with Crippen molar-refractivity contribution < 1.29 is 38.6 Å². The Hall–Kier alpha value is -6.88. The molecule has 17 nitrogen and oxygen atoms in total. The first kappa shape index (κ1) is 44.0. The number of benzene rings is 3. The van der Waals surface area contributed by atoms with E-state index in [9.17, 15) is 33.9 Å². The molecule has 1 atom stereocenters. The third-order valence-corrected chi connectivity index (χ3v) is 15.1. The minimum absolute atomic E-state index is 0.0631. The molecule has 0 aliphatic carbocycles. The van der Waals surface area contributed by atoms with Crippen molar-refractivity contribution in [2.75, 3.05) is 74.5 Å². The minimum Gasteiger partial charge on any atom is -0.507 e. The van der Waals surface area contributed by atoms with Gasteiger partial charge in [0.25, 0.3) is 11.8 Å². The van der Waals surface area contributed by atoms with Gasteiger partial charge in [-0.2, -0.15) is 0 Å². The summed E-state index contributed by atoms with van der Waals surface area (Å²) < 4.78 is 6.48. The van der Waals surface area contributed by atoms with Crippen LogP contribution >= 0.6 is 0 Å². The van der Waals surface area contributed by atoms with Crippen LogP contribution in [0.15, 0.2) is 78.9 Å². The number of hydrogen-bond acceptors (Lipinski definition) is 13. The maximum atomic E-state index is 14.9. The van der Waals surface area contributed by atoms with E-state index in [-0.39, 0.29) is 47.5 Å². The molecule has 0 saturated carbocycles. The number of nitrogens with two attached hydrogens (primary N) is 1. The second kappa shape index (κ2) is 17.7. The monoisotopic (exact) mass is 909 g/mol. The first-order valence-electron chi connectivity index (χ1n) is 23.5. The second-order valence-electron chi connectivity index (χ2n) is 18.9. The summed E-state index contributed by atoms with van der Waals surface area (Å²) in [5, 5.41) is 21.2. The van der Waals surface area contributed by atoms with E-state index in [2.05, 4.69) is 25.3 Å². The van der Waals surface area contributed by atoms with Gasteiger partial charge in [0.1, 0.15) is 11.8 Å². The number of phenolic OH excluding ortho intramolecular Hbond substituents is 1. The third kappa shape index (κ3) is 8.23. The van der Waals surface area contributed by atoms with E-state index in [1.807, 2.05) is 58.3 Å². The number of amides is 6. The molecule has 17 heteroatoms. The average Bonchev–Trinajstić information content (AvgIpc) is 3.60. The normalized spacial score (nSPS) is 22.0. The van der Waals surface area contributed by atoms with Crippen LogP contribution in [0.25, 0.3) is 11.3 Å². The fourth-order valence-corrected chi connectivity index (χ4v) is 11.2. The number of nitrogen functional groups attached to an aromatic ring is 1. The molecule has 1 spiro atoms. The smallest absolute Gasteiger partial charge is 0.262 e. The number of carbonyl (C=O) groups excluding carboxylic acids is 6. The maximum absolute atomic E-state index is 14.9. The Balaban J connectivity index is 0.738. The van der Waals surface area contributed by atoms with Crippen molar-refractivity contribution in [3.63, 3.8) is 0 Å². The largest absolute Gasteiger partial charge is 0.507 e. The lowest BCUT2D eigenvalue weighted by Crippen LogP contribution is -2.61. The van der Waals surface area contributed by atoms with E-state index < -0.39 is 40.7 Å². The predicted octanol–water partition coefficient (Wildman–Crippen LogP) is 3.90. The molecule has 0 bridgehead atoms. The third-order valence-electron chi connectivity index (χ3n) is 15.1. The molecule has 4 N–H and O–H groups in total. The van der Waals surface area contributed by atoms with Crippen LogP contribution < -0.4 is 20.9 Å². The summed E-state index contributed by atoms with van der Waals surface area (Å²) in [5.74, 6) is -1.30. The zero-order chi connectivity index (χ0) is 46.5. The van der Waals surface area contributed by atoms with Gasteiger partial charge in [-0.3, -0.25) is 39.0 Å². The number of para-hydroxylation sites is 1. The van der Waals surface area contributed by atoms with Crippen LogP contribution in [-0.2, 0) is 29.3 Å². The lowest BCUT2D eigenvalue weighted by molar-refractivity contribution is -0.165. The Kier molecular flexibility index (Phi) is 11.6. The van der Waals surface area contributed by atoms with Crippen molar-refractivity contribution in [3.8, 4) is 17.0 Å². The first-order chi connectivity index (χ1) is 32.4.